The van der Waals surface area contributed by atoms with Crippen LogP contribution in [0, 0.1) is 0 Å². The van der Waals surface area contributed by atoms with E-state index in [-0.39, 0.29) is 0 Å². The number of anilines is 1. The molecular weight excluding hydrogens is 228 g/mol. The Bertz CT molecular complexity index is 309. The fourth-order valence-corrected chi connectivity index (χ4v) is 3.41. The molecule has 1 aliphatic heterocycles. The topological polar surface area (TPSA) is 15.3 Å². The molecular formula is C14H22N2S. The molecule has 2 nitrogen and oxygen atoms in total. The van der Waals surface area contributed by atoms with Crippen molar-refractivity contribution in [2.45, 2.75) is 18.1 Å². The maximum absolute atomic E-state index is 3.42. The first-order valence-electron chi connectivity index (χ1n) is 6.45. The number of benzene rings is 1. The predicted octanol–water partition coefficient (Wildman–Crippen LogP) is 2.61. The fraction of sp³-hybridized carbons (Fsp3) is 0.571. The van der Waals surface area contributed by atoms with Crippen LogP contribution >= 0.6 is 11.8 Å². The lowest BCUT2D eigenvalue weighted by Crippen LogP contribution is -2.30. The fourth-order valence-electron chi connectivity index (χ4n) is 2.13. The van der Waals surface area contributed by atoms with Gasteiger partial charge in [-0.2, -0.15) is 11.8 Å². The number of para-hydroxylation sites is 1. The van der Waals surface area contributed by atoms with Crippen molar-refractivity contribution < 1.29 is 0 Å². The quantitative estimate of drug-likeness (QED) is 0.865. The predicted molar refractivity (Wildman–Crippen MR) is 78.1 cm³/mol. The van der Waals surface area contributed by atoms with Crippen molar-refractivity contribution in [1.82, 2.24) is 5.32 Å². The number of nitrogens with one attached hydrogen (secondary N) is 1. The van der Waals surface area contributed by atoms with Gasteiger partial charge in [-0.1, -0.05) is 18.2 Å². The number of piperidine rings is 1. The van der Waals surface area contributed by atoms with Gasteiger partial charge in [0.2, 0.25) is 0 Å². The highest BCUT2D eigenvalue weighted by atomic mass is 32.2. The summed E-state index contributed by atoms with van der Waals surface area (Å²) in [7, 11) is 2.18. The Balaban J connectivity index is 1.67. The molecule has 0 amide bonds. The molecule has 0 aliphatic carbocycles. The molecule has 0 unspecified atom stereocenters. The van der Waals surface area contributed by atoms with Crippen LogP contribution in [-0.2, 0) is 0 Å². The minimum absolute atomic E-state index is 0.875. The molecule has 1 aliphatic rings. The van der Waals surface area contributed by atoms with Crippen molar-refractivity contribution in [2.75, 3.05) is 37.3 Å². The second-order valence-electron chi connectivity index (χ2n) is 4.58. The van der Waals surface area contributed by atoms with Crippen LogP contribution in [0.4, 0.5) is 5.69 Å². The van der Waals surface area contributed by atoms with Crippen molar-refractivity contribution >= 4 is 17.4 Å². The van der Waals surface area contributed by atoms with Crippen molar-refractivity contribution in [3.8, 4) is 0 Å². The highest BCUT2D eigenvalue weighted by molar-refractivity contribution is 7.99. The van der Waals surface area contributed by atoms with Crippen LogP contribution in [0.3, 0.4) is 0 Å². The van der Waals surface area contributed by atoms with Gasteiger partial charge >= 0.3 is 0 Å². The van der Waals surface area contributed by atoms with Crippen molar-refractivity contribution in [1.29, 1.82) is 0 Å². The number of hydrogen-bond donors (Lipinski definition) is 1. The Hall–Kier alpha value is -0.670. The summed E-state index contributed by atoms with van der Waals surface area (Å²) in [5.41, 5.74) is 1.32. The Morgan fingerprint density at radius 3 is 2.65 bits per heavy atom. The summed E-state index contributed by atoms with van der Waals surface area (Å²) in [4.78, 5) is 2.34. The van der Waals surface area contributed by atoms with E-state index in [2.05, 4.69) is 59.4 Å². The average Bonchev–Trinajstić information content (AvgIpc) is 2.41. The van der Waals surface area contributed by atoms with E-state index in [0.29, 0.717) is 0 Å². The molecule has 1 aromatic rings. The van der Waals surface area contributed by atoms with Gasteiger partial charge in [0.1, 0.15) is 0 Å². The first-order valence-corrected chi connectivity index (χ1v) is 7.49. The number of nitrogens with zero attached hydrogens (tertiary/aromatic N) is 1. The molecule has 1 saturated heterocycles. The van der Waals surface area contributed by atoms with Crippen LogP contribution in [-0.4, -0.2) is 37.7 Å². The smallest absolute Gasteiger partial charge is 0.0363 e. The van der Waals surface area contributed by atoms with Gasteiger partial charge in [-0.15, -0.1) is 0 Å². The van der Waals surface area contributed by atoms with Crippen molar-refractivity contribution in [3.05, 3.63) is 30.3 Å². The van der Waals surface area contributed by atoms with Crippen LogP contribution in [0.5, 0.6) is 0 Å². The molecule has 0 aromatic heterocycles. The highest BCUT2D eigenvalue weighted by Gasteiger charge is 2.13. The third kappa shape index (κ3) is 4.25. The first-order chi connectivity index (χ1) is 8.36. The third-order valence-corrected chi connectivity index (χ3v) is 4.62. The van der Waals surface area contributed by atoms with Gasteiger partial charge in [-0.05, 0) is 38.1 Å². The maximum atomic E-state index is 3.42. The Morgan fingerprint density at radius 1 is 1.24 bits per heavy atom. The molecule has 94 valence electrons. The van der Waals surface area contributed by atoms with Gasteiger partial charge in [0, 0.05) is 30.3 Å². The molecule has 0 saturated carbocycles. The Morgan fingerprint density at radius 2 is 1.94 bits per heavy atom. The molecule has 1 aromatic carbocycles. The molecule has 17 heavy (non-hydrogen) atoms. The monoisotopic (exact) mass is 250 g/mol. The van der Waals surface area contributed by atoms with E-state index in [1.807, 2.05) is 0 Å². The maximum Gasteiger partial charge on any atom is 0.0363 e. The molecule has 0 bridgehead atoms. The third-order valence-electron chi connectivity index (χ3n) is 3.26. The molecule has 0 radical (unpaired) electrons. The van der Waals surface area contributed by atoms with Gasteiger partial charge in [0.25, 0.3) is 0 Å². The zero-order valence-corrected chi connectivity index (χ0v) is 11.4. The second kappa shape index (κ2) is 6.92. The van der Waals surface area contributed by atoms with Crippen LogP contribution in [0.25, 0.3) is 0 Å². The highest BCUT2D eigenvalue weighted by Crippen LogP contribution is 2.20. The summed E-state index contributed by atoms with van der Waals surface area (Å²) in [5.74, 6) is 1.23. The lowest BCUT2D eigenvalue weighted by molar-refractivity contribution is 0.531. The number of rotatable bonds is 5. The van der Waals surface area contributed by atoms with Gasteiger partial charge in [0.15, 0.2) is 0 Å². The Labute approximate surface area is 109 Å². The second-order valence-corrected chi connectivity index (χ2v) is 5.99. The van der Waals surface area contributed by atoms with Crippen LogP contribution < -0.4 is 10.2 Å². The zero-order valence-electron chi connectivity index (χ0n) is 10.6. The molecule has 1 N–H and O–H groups in total. The number of thioether (sulfide) groups is 1. The average molecular weight is 250 g/mol. The lowest BCUT2D eigenvalue weighted by atomic mass is 10.2. The molecule has 0 atom stereocenters. The van der Waals surface area contributed by atoms with E-state index in [1.54, 1.807) is 0 Å². The molecule has 1 heterocycles. The van der Waals surface area contributed by atoms with Crippen LogP contribution in [0.15, 0.2) is 30.3 Å². The van der Waals surface area contributed by atoms with Crippen molar-refractivity contribution in [2.24, 2.45) is 0 Å². The largest absolute Gasteiger partial charge is 0.374 e. The van der Waals surface area contributed by atoms with E-state index in [1.165, 1.54) is 37.4 Å². The summed E-state index contributed by atoms with van der Waals surface area (Å²) in [6.45, 7) is 3.54. The summed E-state index contributed by atoms with van der Waals surface area (Å²) in [6, 6.07) is 10.6. The van der Waals surface area contributed by atoms with Crippen molar-refractivity contribution in [3.63, 3.8) is 0 Å². The number of hydrogen-bond acceptors (Lipinski definition) is 3. The SMILES string of the molecule is CN(CCSC1CCNCC1)c1ccccc1. The van der Waals surface area contributed by atoms with Crippen LogP contribution in [0.1, 0.15) is 12.8 Å². The van der Waals surface area contributed by atoms with E-state index in [4.69, 9.17) is 0 Å². The summed E-state index contributed by atoms with van der Waals surface area (Å²) in [6.07, 6.45) is 2.67. The normalized spacial score (nSPS) is 17.0. The van der Waals surface area contributed by atoms with E-state index in [0.717, 1.165) is 11.8 Å². The van der Waals surface area contributed by atoms with E-state index < -0.39 is 0 Å². The first kappa shape index (κ1) is 12.8. The van der Waals surface area contributed by atoms with Gasteiger partial charge in [-0.3, -0.25) is 0 Å². The van der Waals surface area contributed by atoms with E-state index >= 15 is 0 Å². The summed E-state index contributed by atoms with van der Waals surface area (Å²) >= 11 is 2.14. The summed E-state index contributed by atoms with van der Waals surface area (Å²) < 4.78 is 0. The summed E-state index contributed by atoms with van der Waals surface area (Å²) in [5, 5.41) is 4.29. The zero-order chi connectivity index (χ0) is 11.9. The molecule has 3 heteroatoms. The standard InChI is InChI=1S/C14H22N2S/c1-16(13-5-3-2-4-6-13)11-12-17-14-7-9-15-10-8-14/h2-6,14-15H,7-12H2,1H3. The van der Waals surface area contributed by atoms with E-state index in [9.17, 15) is 0 Å². The molecule has 1 fully saturated rings. The van der Waals surface area contributed by atoms with Gasteiger partial charge in [0.05, 0.1) is 0 Å². The molecule has 2 rings (SSSR count). The van der Waals surface area contributed by atoms with Gasteiger partial charge < -0.3 is 10.2 Å². The van der Waals surface area contributed by atoms with Crippen LogP contribution in [0.2, 0.25) is 0 Å². The minimum Gasteiger partial charge on any atom is -0.374 e. The lowest BCUT2D eigenvalue weighted by Gasteiger charge is -2.24. The minimum atomic E-state index is 0.875. The molecule has 0 spiro atoms. The van der Waals surface area contributed by atoms with Gasteiger partial charge in [-0.25, -0.2) is 0 Å². The Kier molecular flexibility index (Phi) is 5.20.